The standard InChI is InChI=1S/C12H18O9/c1-4(13)7(16)12(8(17)5(2)14,9(18)6(3)15)10(19)11(20)21/h4-6,10,13-15,19H,1-3H3,(H,20,21). The summed E-state index contributed by atoms with van der Waals surface area (Å²) in [6.45, 7) is 2.57. The molecule has 5 N–H and O–H groups in total. The zero-order valence-electron chi connectivity index (χ0n) is 11.7. The highest BCUT2D eigenvalue weighted by Gasteiger charge is 2.62. The van der Waals surface area contributed by atoms with Crippen LogP contribution < -0.4 is 0 Å². The first-order chi connectivity index (χ1) is 9.42. The minimum atomic E-state index is -3.29. The maximum absolute atomic E-state index is 12.1. The van der Waals surface area contributed by atoms with Gasteiger partial charge in [0.1, 0.15) is 18.3 Å². The average molecular weight is 306 g/mol. The maximum Gasteiger partial charge on any atom is 0.334 e. The van der Waals surface area contributed by atoms with Gasteiger partial charge in [0.05, 0.1) is 0 Å². The van der Waals surface area contributed by atoms with E-state index >= 15 is 0 Å². The molecule has 0 rings (SSSR count). The lowest BCUT2D eigenvalue weighted by molar-refractivity contribution is -0.177. The number of aliphatic hydroxyl groups is 4. The monoisotopic (exact) mass is 306 g/mol. The predicted octanol–water partition coefficient (Wildman–Crippen LogP) is -2.73. The van der Waals surface area contributed by atoms with Gasteiger partial charge in [-0.1, -0.05) is 0 Å². The molecule has 0 aromatic rings. The number of carboxylic acid groups (broad SMARTS) is 1. The largest absolute Gasteiger partial charge is 0.479 e. The van der Waals surface area contributed by atoms with Crippen molar-refractivity contribution >= 4 is 23.3 Å². The molecule has 0 aliphatic heterocycles. The fourth-order valence-corrected chi connectivity index (χ4v) is 1.94. The van der Waals surface area contributed by atoms with Crippen LogP contribution in [0.5, 0.6) is 0 Å². The molecule has 0 aromatic carbocycles. The number of hydrogen-bond donors (Lipinski definition) is 5. The number of rotatable bonds is 8. The Bertz CT molecular complexity index is 399. The summed E-state index contributed by atoms with van der Waals surface area (Å²) in [5, 5.41) is 46.5. The van der Waals surface area contributed by atoms with Crippen molar-refractivity contribution in [3.63, 3.8) is 0 Å². The molecule has 0 aliphatic rings. The van der Waals surface area contributed by atoms with Gasteiger partial charge >= 0.3 is 5.97 Å². The Kier molecular flexibility index (Phi) is 6.30. The normalized spacial score (nSPS) is 19.8. The summed E-state index contributed by atoms with van der Waals surface area (Å²) in [6, 6.07) is 0. The number of ketones is 3. The van der Waals surface area contributed by atoms with Crippen LogP contribution in [0.3, 0.4) is 0 Å². The van der Waals surface area contributed by atoms with Crippen molar-refractivity contribution in [3.05, 3.63) is 0 Å². The quantitative estimate of drug-likeness (QED) is 0.299. The highest BCUT2D eigenvalue weighted by molar-refractivity contribution is 6.29. The molecular weight excluding hydrogens is 288 g/mol. The number of hydrogen-bond acceptors (Lipinski definition) is 8. The van der Waals surface area contributed by atoms with E-state index in [1.807, 2.05) is 0 Å². The number of aliphatic carboxylic acids is 1. The lowest BCUT2D eigenvalue weighted by Crippen LogP contribution is -2.64. The molecule has 0 saturated heterocycles. The number of carboxylic acids is 1. The Balaban J connectivity index is 6.49. The molecule has 0 aliphatic carbocycles. The van der Waals surface area contributed by atoms with Gasteiger partial charge in [0.2, 0.25) is 0 Å². The lowest BCUT2D eigenvalue weighted by Gasteiger charge is -2.34. The third-order valence-corrected chi connectivity index (χ3v) is 2.95. The Morgan fingerprint density at radius 2 is 0.952 bits per heavy atom. The molecule has 21 heavy (non-hydrogen) atoms. The Morgan fingerprint density at radius 3 is 1.10 bits per heavy atom. The molecule has 9 heteroatoms. The van der Waals surface area contributed by atoms with Gasteiger partial charge in [-0.2, -0.15) is 0 Å². The molecule has 0 aromatic heterocycles. The molecular formula is C12H18O9. The van der Waals surface area contributed by atoms with E-state index in [1.165, 1.54) is 0 Å². The highest BCUT2D eigenvalue weighted by Crippen LogP contribution is 2.31. The van der Waals surface area contributed by atoms with Gasteiger partial charge in [0, 0.05) is 0 Å². The molecule has 0 heterocycles. The first-order valence-electron chi connectivity index (χ1n) is 6.00. The summed E-state index contributed by atoms with van der Waals surface area (Å²) in [6.07, 6.45) is -8.80. The second-order valence-corrected chi connectivity index (χ2v) is 4.67. The van der Waals surface area contributed by atoms with Crippen LogP contribution >= 0.6 is 0 Å². The number of carbonyl (C=O) groups excluding carboxylic acids is 3. The van der Waals surface area contributed by atoms with Crippen molar-refractivity contribution in [2.75, 3.05) is 0 Å². The zero-order chi connectivity index (χ0) is 17.1. The second kappa shape index (κ2) is 6.85. The van der Waals surface area contributed by atoms with E-state index in [1.54, 1.807) is 0 Å². The van der Waals surface area contributed by atoms with Gasteiger partial charge in [0.15, 0.2) is 28.9 Å². The van der Waals surface area contributed by atoms with Crippen LogP contribution in [-0.4, -0.2) is 73.3 Å². The van der Waals surface area contributed by atoms with Crippen LogP contribution in [0.25, 0.3) is 0 Å². The van der Waals surface area contributed by atoms with E-state index in [0.29, 0.717) is 0 Å². The molecule has 4 atom stereocenters. The van der Waals surface area contributed by atoms with Gasteiger partial charge in [0.25, 0.3) is 0 Å². The van der Waals surface area contributed by atoms with Gasteiger partial charge in [-0.3, -0.25) is 14.4 Å². The molecule has 0 radical (unpaired) electrons. The van der Waals surface area contributed by atoms with E-state index in [2.05, 4.69) is 0 Å². The van der Waals surface area contributed by atoms with Crippen molar-refractivity contribution < 1.29 is 44.7 Å². The summed E-state index contributed by atoms with van der Waals surface area (Å²) in [4.78, 5) is 47.2. The van der Waals surface area contributed by atoms with Crippen LogP contribution in [0.15, 0.2) is 0 Å². The Morgan fingerprint density at radius 1 is 0.714 bits per heavy atom. The van der Waals surface area contributed by atoms with E-state index in [-0.39, 0.29) is 0 Å². The molecule has 0 bridgehead atoms. The number of aliphatic hydroxyl groups excluding tert-OH is 4. The van der Waals surface area contributed by atoms with E-state index < -0.39 is 53.1 Å². The van der Waals surface area contributed by atoms with E-state index in [0.717, 1.165) is 20.8 Å². The Labute approximate surface area is 119 Å². The van der Waals surface area contributed by atoms with Crippen LogP contribution in [0.1, 0.15) is 20.8 Å². The molecule has 0 saturated carbocycles. The molecule has 4 unspecified atom stereocenters. The third kappa shape index (κ3) is 3.32. The summed E-state index contributed by atoms with van der Waals surface area (Å²) in [7, 11) is 0. The summed E-state index contributed by atoms with van der Waals surface area (Å²) < 4.78 is 0. The third-order valence-electron chi connectivity index (χ3n) is 2.95. The molecule has 120 valence electrons. The highest BCUT2D eigenvalue weighted by atomic mass is 16.4. The molecule has 9 nitrogen and oxygen atoms in total. The molecule has 0 amide bonds. The minimum Gasteiger partial charge on any atom is -0.479 e. The van der Waals surface area contributed by atoms with E-state index in [4.69, 9.17) is 5.11 Å². The van der Waals surface area contributed by atoms with Crippen molar-refractivity contribution in [2.45, 2.75) is 45.2 Å². The van der Waals surface area contributed by atoms with Crippen molar-refractivity contribution in [3.8, 4) is 0 Å². The van der Waals surface area contributed by atoms with Gasteiger partial charge in [-0.05, 0) is 20.8 Å². The van der Waals surface area contributed by atoms with Crippen molar-refractivity contribution in [1.29, 1.82) is 0 Å². The first-order valence-corrected chi connectivity index (χ1v) is 6.00. The second-order valence-electron chi connectivity index (χ2n) is 4.67. The smallest absolute Gasteiger partial charge is 0.334 e. The topological polar surface area (TPSA) is 169 Å². The van der Waals surface area contributed by atoms with Gasteiger partial charge in [-0.25, -0.2) is 4.79 Å². The molecule has 0 fully saturated rings. The van der Waals surface area contributed by atoms with Crippen molar-refractivity contribution in [2.24, 2.45) is 5.41 Å². The maximum atomic E-state index is 12.1. The summed E-state index contributed by atoms with van der Waals surface area (Å²) in [5.41, 5.74) is -3.29. The average Bonchev–Trinajstić information content (AvgIpc) is 2.37. The van der Waals surface area contributed by atoms with Crippen LogP contribution in [0.2, 0.25) is 0 Å². The zero-order valence-corrected chi connectivity index (χ0v) is 11.7. The van der Waals surface area contributed by atoms with Crippen LogP contribution in [-0.2, 0) is 19.2 Å². The summed E-state index contributed by atoms with van der Waals surface area (Å²) >= 11 is 0. The fourth-order valence-electron chi connectivity index (χ4n) is 1.94. The minimum absolute atomic E-state index is 0.857. The van der Waals surface area contributed by atoms with Crippen LogP contribution in [0.4, 0.5) is 0 Å². The Hall–Kier alpha value is -1.68. The number of carbonyl (C=O) groups is 4. The predicted molar refractivity (Wildman–Crippen MR) is 66.1 cm³/mol. The molecule has 0 spiro atoms. The van der Waals surface area contributed by atoms with Crippen molar-refractivity contribution in [1.82, 2.24) is 0 Å². The van der Waals surface area contributed by atoms with Gasteiger partial charge in [-0.15, -0.1) is 0 Å². The number of Topliss-reactive ketones (excluding diaryl/α,β-unsaturated/α-hetero) is 3. The van der Waals surface area contributed by atoms with Crippen LogP contribution in [0, 0.1) is 5.41 Å². The lowest BCUT2D eigenvalue weighted by atomic mass is 9.67. The fraction of sp³-hybridized carbons (Fsp3) is 0.667. The SMILES string of the molecule is CC(O)C(=O)C(C(=O)C(C)O)(C(=O)C(C)O)C(O)C(=O)O. The van der Waals surface area contributed by atoms with E-state index in [9.17, 15) is 39.6 Å². The summed E-state index contributed by atoms with van der Waals surface area (Å²) in [5.74, 6) is -6.94. The van der Waals surface area contributed by atoms with Gasteiger partial charge < -0.3 is 25.5 Å². The first kappa shape index (κ1) is 19.3.